The Labute approximate surface area is 250 Å². The first-order chi connectivity index (χ1) is 19.7. The Hall–Kier alpha value is -3.68. The second kappa shape index (κ2) is 13.8. The Morgan fingerprint density at radius 3 is 2.05 bits per heavy atom. The second-order valence-corrected chi connectivity index (χ2v) is 11.0. The number of carbonyl (C=O) groups is 4. The summed E-state index contributed by atoms with van der Waals surface area (Å²) in [7, 11) is 0. The van der Waals surface area contributed by atoms with Crippen molar-refractivity contribution < 1.29 is 19.2 Å². The van der Waals surface area contributed by atoms with Crippen molar-refractivity contribution in [3.63, 3.8) is 0 Å². The van der Waals surface area contributed by atoms with E-state index in [1.807, 2.05) is 44.2 Å². The lowest BCUT2D eigenvalue weighted by Crippen LogP contribution is -2.52. The highest BCUT2D eigenvalue weighted by Crippen LogP contribution is 2.28. The van der Waals surface area contributed by atoms with Gasteiger partial charge in [0.15, 0.2) is 0 Å². The van der Waals surface area contributed by atoms with Gasteiger partial charge >= 0.3 is 0 Å². The van der Waals surface area contributed by atoms with E-state index in [9.17, 15) is 19.2 Å². The molecule has 7 nitrogen and oxygen atoms in total. The van der Waals surface area contributed by atoms with Gasteiger partial charge in [0.1, 0.15) is 6.04 Å². The van der Waals surface area contributed by atoms with Crippen LogP contribution in [-0.4, -0.2) is 52.1 Å². The van der Waals surface area contributed by atoms with Crippen molar-refractivity contribution in [2.24, 2.45) is 0 Å². The van der Waals surface area contributed by atoms with Gasteiger partial charge in [-0.3, -0.25) is 24.1 Å². The summed E-state index contributed by atoms with van der Waals surface area (Å²) in [6.45, 7) is 4.00. The standard InChI is InChI=1S/C32H33Cl2N3O4/c1-3-21(2)35-30(39)28(19-22-11-5-4-6-12-22)37(20-25-26(33)15-9-16-27(25)34)29(38)17-10-18-36-31(40)23-13-7-8-14-24(23)32(36)41/h4-9,11-16,21,28H,3,10,17-20H2,1-2H3,(H,35,39)/t21-,28+/m1/s1. The first-order valence-electron chi connectivity index (χ1n) is 13.7. The number of hydrogen-bond acceptors (Lipinski definition) is 4. The molecule has 214 valence electrons. The summed E-state index contributed by atoms with van der Waals surface area (Å²) in [6.07, 6.45) is 1.27. The Balaban J connectivity index is 1.59. The fourth-order valence-corrected chi connectivity index (χ4v) is 5.34. The van der Waals surface area contributed by atoms with Crippen LogP contribution in [0.3, 0.4) is 0 Å². The van der Waals surface area contributed by atoms with Crippen LogP contribution in [-0.2, 0) is 22.6 Å². The Bertz CT molecular complexity index is 1370. The maximum Gasteiger partial charge on any atom is 0.261 e. The number of halogens is 2. The zero-order valence-electron chi connectivity index (χ0n) is 23.1. The Morgan fingerprint density at radius 2 is 1.46 bits per heavy atom. The number of nitrogens with one attached hydrogen (secondary N) is 1. The molecule has 41 heavy (non-hydrogen) atoms. The number of rotatable bonds is 12. The van der Waals surface area contributed by atoms with Crippen molar-refractivity contribution in [1.82, 2.24) is 15.1 Å². The zero-order valence-corrected chi connectivity index (χ0v) is 24.6. The van der Waals surface area contributed by atoms with Crippen LogP contribution in [0.2, 0.25) is 10.0 Å². The van der Waals surface area contributed by atoms with E-state index in [2.05, 4.69) is 5.32 Å². The summed E-state index contributed by atoms with van der Waals surface area (Å²) in [5, 5.41) is 3.81. The van der Waals surface area contributed by atoms with Gasteiger partial charge in [0.25, 0.3) is 11.8 Å². The molecule has 0 saturated carbocycles. The first kappa shape index (κ1) is 30.3. The lowest BCUT2D eigenvalue weighted by atomic mass is 10.0. The van der Waals surface area contributed by atoms with Crippen molar-refractivity contribution in [3.8, 4) is 0 Å². The molecule has 0 unspecified atom stereocenters. The molecule has 0 bridgehead atoms. The number of fused-ring (bicyclic) bond motifs is 1. The van der Waals surface area contributed by atoms with Crippen molar-refractivity contribution in [1.29, 1.82) is 0 Å². The third-order valence-electron chi connectivity index (χ3n) is 7.31. The predicted octanol–water partition coefficient (Wildman–Crippen LogP) is 5.92. The number of hydrogen-bond donors (Lipinski definition) is 1. The normalized spacial score (nSPS) is 14.0. The highest BCUT2D eigenvalue weighted by molar-refractivity contribution is 6.36. The van der Waals surface area contributed by atoms with Crippen molar-refractivity contribution in [3.05, 3.63) is 105 Å². The fraction of sp³-hybridized carbons (Fsp3) is 0.312. The molecule has 4 rings (SSSR count). The number of imide groups is 1. The van der Waals surface area contributed by atoms with E-state index in [0.717, 1.165) is 12.0 Å². The second-order valence-electron chi connectivity index (χ2n) is 10.2. The van der Waals surface area contributed by atoms with Gasteiger partial charge in [-0.15, -0.1) is 0 Å². The third-order valence-corrected chi connectivity index (χ3v) is 8.02. The van der Waals surface area contributed by atoms with Crippen molar-refractivity contribution in [2.45, 2.75) is 58.2 Å². The zero-order chi connectivity index (χ0) is 29.5. The van der Waals surface area contributed by atoms with E-state index in [1.54, 1.807) is 42.5 Å². The summed E-state index contributed by atoms with van der Waals surface area (Å²) in [5.41, 5.74) is 2.16. The maximum absolute atomic E-state index is 13.9. The molecule has 3 aromatic carbocycles. The number of amides is 4. The largest absolute Gasteiger partial charge is 0.352 e. The molecular formula is C32H33Cl2N3O4. The highest BCUT2D eigenvalue weighted by Gasteiger charge is 2.36. The average molecular weight is 595 g/mol. The highest BCUT2D eigenvalue weighted by atomic mass is 35.5. The number of benzene rings is 3. The third kappa shape index (κ3) is 7.16. The van der Waals surface area contributed by atoms with E-state index in [4.69, 9.17) is 23.2 Å². The van der Waals surface area contributed by atoms with Crippen molar-refractivity contribution >= 4 is 46.8 Å². The minimum Gasteiger partial charge on any atom is -0.352 e. The van der Waals surface area contributed by atoms with Crippen LogP contribution in [0.1, 0.15) is 65.0 Å². The topological polar surface area (TPSA) is 86.8 Å². The van der Waals surface area contributed by atoms with Crippen LogP contribution in [0.5, 0.6) is 0 Å². The summed E-state index contributed by atoms with van der Waals surface area (Å²) < 4.78 is 0. The molecule has 1 aliphatic rings. The summed E-state index contributed by atoms with van der Waals surface area (Å²) in [6, 6.07) is 20.4. The van der Waals surface area contributed by atoms with Crippen LogP contribution >= 0.6 is 23.2 Å². The van der Waals surface area contributed by atoms with E-state index in [-0.39, 0.29) is 62.0 Å². The molecule has 0 aliphatic carbocycles. The van der Waals surface area contributed by atoms with Crippen LogP contribution in [0, 0.1) is 0 Å². The molecule has 4 amide bonds. The molecule has 2 atom stereocenters. The minimum atomic E-state index is -0.842. The lowest BCUT2D eigenvalue weighted by molar-refractivity contribution is -0.141. The molecule has 0 saturated heterocycles. The predicted molar refractivity (Wildman–Crippen MR) is 160 cm³/mol. The van der Waals surface area contributed by atoms with Gasteiger partial charge in [0.2, 0.25) is 11.8 Å². The van der Waals surface area contributed by atoms with Crippen LogP contribution in [0.4, 0.5) is 0 Å². The number of carbonyl (C=O) groups excluding carboxylic acids is 4. The van der Waals surface area contributed by atoms with E-state index in [0.29, 0.717) is 26.7 Å². The van der Waals surface area contributed by atoms with Crippen LogP contribution < -0.4 is 5.32 Å². The van der Waals surface area contributed by atoms with Crippen LogP contribution in [0.25, 0.3) is 0 Å². The van der Waals surface area contributed by atoms with Gasteiger partial charge in [-0.25, -0.2) is 0 Å². The van der Waals surface area contributed by atoms with E-state index < -0.39 is 6.04 Å². The molecule has 1 heterocycles. The molecule has 9 heteroatoms. The molecule has 1 aliphatic heterocycles. The van der Waals surface area contributed by atoms with Gasteiger partial charge < -0.3 is 10.2 Å². The Morgan fingerprint density at radius 1 is 0.878 bits per heavy atom. The maximum atomic E-state index is 13.9. The lowest BCUT2D eigenvalue weighted by Gasteiger charge is -2.33. The molecule has 3 aromatic rings. The van der Waals surface area contributed by atoms with E-state index >= 15 is 0 Å². The molecule has 0 spiro atoms. The minimum absolute atomic E-state index is 0.0113. The van der Waals surface area contributed by atoms with Gasteiger partial charge in [-0.05, 0) is 49.6 Å². The number of nitrogens with zero attached hydrogens (tertiary/aromatic N) is 2. The molecular weight excluding hydrogens is 561 g/mol. The monoisotopic (exact) mass is 593 g/mol. The van der Waals surface area contributed by atoms with Gasteiger partial charge in [0.05, 0.1) is 11.1 Å². The fourth-order valence-electron chi connectivity index (χ4n) is 4.82. The van der Waals surface area contributed by atoms with Gasteiger partial charge in [-0.1, -0.05) is 78.7 Å². The van der Waals surface area contributed by atoms with Gasteiger partial charge in [0, 0.05) is 47.6 Å². The summed E-state index contributed by atoms with van der Waals surface area (Å²) in [4.78, 5) is 55.8. The Kier molecular flexibility index (Phi) is 10.2. The SMILES string of the molecule is CC[C@@H](C)NC(=O)[C@H](Cc1ccccc1)N(Cc1c(Cl)cccc1Cl)C(=O)CCCN1C(=O)c2ccccc2C1=O. The molecule has 0 aromatic heterocycles. The van der Waals surface area contributed by atoms with E-state index in [1.165, 1.54) is 9.80 Å². The summed E-state index contributed by atoms with van der Waals surface area (Å²) >= 11 is 13.0. The first-order valence-corrected chi connectivity index (χ1v) is 14.5. The average Bonchev–Trinajstić information content (AvgIpc) is 3.21. The molecule has 0 fully saturated rings. The molecule has 1 N–H and O–H groups in total. The van der Waals surface area contributed by atoms with Crippen LogP contribution in [0.15, 0.2) is 72.8 Å². The van der Waals surface area contributed by atoms with Crippen molar-refractivity contribution in [2.75, 3.05) is 6.54 Å². The quantitative estimate of drug-likeness (QED) is 0.264. The smallest absolute Gasteiger partial charge is 0.261 e. The summed E-state index contributed by atoms with van der Waals surface area (Å²) in [5.74, 6) is -1.32. The molecule has 0 radical (unpaired) electrons. The van der Waals surface area contributed by atoms with Gasteiger partial charge in [-0.2, -0.15) is 0 Å².